The van der Waals surface area contributed by atoms with Crippen molar-refractivity contribution >= 4 is 15.8 Å². The monoisotopic (exact) mass is 401 g/mol. The zero-order chi connectivity index (χ0) is 20.7. The molecule has 0 heterocycles. The van der Waals surface area contributed by atoms with E-state index in [1.807, 2.05) is 13.0 Å². The van der Waals surface area contributed by atoms with Gasteiger partial charge in [-0.1, -0.05) is 31.5 Å². The lowest BCUT2D eigenvalue weighted by Crippen LogP contribution is -2.29. The van der Waals surface area contributed by atoms with Crippen molar-refractivity contribution in [3.8, 4) is 22.9 Å². The van der Waals surface area contributed by atoms with E-state index >= 15 is 0 Å². The lowest BCUT2D eigenvalue weighted by molar-refractivity contribution is -0.149. The summed E-state index contributed by atoms with van der Waals surface area (Å²) in [6.45, 7) is 1.99. The van der Waals surface area contributed by atoms with Crippen LogP contribution in [0.2, 0.25) is 0 Å². The van der Waals surface area contributed by atoms with Crippen LogP contribution >= 0.6 is 0 Å². The normalized spacial score (nSPS) is 12.1. The SMILES string of the molecule is CCCCC(Oc1ccc(-c2ccc(C#N)cc2)cc1S(C)(=O)=O)C(=O)OC. The number of nitrogens with zero attached hydrogens (tertiary/aromatic N) is 1. The van der Waals surface area contributed by atoms with Crippen LogP contribution in [-0.2, 0) is 19.4 Å². The quantitative estimate of drug-likeness (QED) is 0.626. The summed E-state index contributed by atoms with van der Waals surface area (Å²) in [6, 6.07) is 13.7. The summed E-state index contributed by atoms with van der Waals surface area (Å²) in [7, 11) is -2.33. The third-order valence-electron chi connectivity index (χ3n) is 4.24. The molecule has 0 fully saturated rings. The van der Waals surface area contributed by atoms with Gasteiger partial charge in [0.15, 0.2) is 15.9 Å². The zero-order valence-electron chi connectivity index (χ0n) is 16.1. The number of methoxy groups -OCH3 is 1. The van der Waals surface area contributed by atoms with E-state index in [9.17, 15) is 13.2 Å². The van der Waals surface area contributed by atoms with Gasteiger partial charge < -0.3 is 9.47 Å². The molecule has 0 bridgehead atoms. The molecular formula is C21H23NO5S. The van der Waals surface area contributed by atoms with E-state index in [0.717, 1.165) is 24.7 Å². The fourth-order valence-corrected chi connectivity index (χ4v) is 3.53. The molecule has 0 saturated carbocycles. The second-order valence-electron chi connectivity index (χ2n) is 6.39. The highest BCUT2D eigenvalue weighted by atomic mass is 32.2. The summed E-state index contributed by atoms with van der Waals surface area (Å²) in [6.07, 6.45) is 2.28. The predicted molar refractivity (Wildman–Crippen MR) is 106 cm³/mol. The Kier molecular flexibility index (Phi) is 7.18. The van der Waals surface area contributed by atoms with Gasteiger partial charge in [0, 0.05) is 6.26 Å². The maximum atomic E-state index is 12.3. The van der Waals surface area contributed by atoms with E-state index in [0.29, 0.717) is 17.5 Å². The second kappa shape index (κ2) is 9.38. The van der Waals surface area contributed by atoms with Crippen molar-refractivity contribution in [3.05, 3.63) is 48.0 Å². The highest BCUT2D eigenvalue weighted by molar-refractivity contribution is 7.90. The predicted octanol–water partition coefficient (Wildman–Crippen LogP) is 3.74. The molecule has 2 aromatic carbocycles. The summed E-state index contributed by atoms with van der Waals surface area (Å²) in [4.78, 5) is 12.0. The van der Waals surface area contributed by atoms with Gasteiger partial charge in [0.25, 0.3) is 0 Å². The fourth-order valence-electron chi connectivity index (χ4n) is 2.71. The summed E-state index contributed by atoms with van der Waals surface area (Å²) >= 11 is 0. The molecular weight excluding hydrogens is 378 g/mol. The molecule has 148 valence electrons. The van der Waals surface area contributed by atoms with Gasteiger partial charge in [0.2, 0.25) is 0 Å². The van der Waals surface area contributed by atoms with Crippen LogP contribution in [0, 0.1) is 11.3 Å². The van der Waals surface area contributed by atoms with E-state index in [4.69, 9.17) is 14.7 Å². The number of sulfone groups is 1. The van der Waals surface area contributed by atoms with Crippen LogP contribution in [0.15, 0.2) is 47.4 Å². The zero-order valence-corrected chi connectivity index (χ0v) is 17.0. The first-order chi connectivity index (χ1) is 13.3. The molecule has 0 aromatic heterocycles. The maximum absolute atomic E-state index is 12.3. The van der Waals surface area contributed by atoms with E-state index in [1.165, 1.54) is 13.2 Å². The number of esters is 1. The van der Waals surface area contributed by atoms with Crippen LogP contribution in [0.1, 0.15) is 31.7 Å². The molecule has 1 atom stereocenters. The molecule has 0 N–H and O–H groups in total. The first kappa shape index (κ1) is 21.5. The van der Waals surface area contributed by atoms with E-state index in [1.54, 1.807) is 36.4 Å². The number of benzene rings is 2. The van der Waals surface area contributed by atoms with Gasteiger partial charge in [-0.25, -0.2) is 13.2 Å². The molecule has 0 aliphatic heterocycles. The third-order valence-corrected chi connectivity index (χ3v) is 5.36. The molecule has 0 saturated heterocycles. The van der Waals surface area contributed by atoms with E-state index < -0.39 is 21.9 Å². The Bertz CT molecular complexity index is 975. The summed E-state index contributed by atoms with van der Waals surface area (Å²) in [5, 5.41) is 8.91. The molecule has 28 heavy (non-hydrogen) atoms. The summed E-state index contributed by atoms with van der Waals surface area (Å²) < 4.78 is 35.2. The fraction of sp³-hybridized carbons (Fsp3) is 0.333. The molecule has 2 aromatic rings. The van der Waals surface area contributed by atoms with Crippen molar-refractivity contribution < 1.29 is 22.7 Å². The van der Waals surface area contributed by atoms with Gasteiger partial charge in [-0.05, 0) is 48.2 Å². The third kappa shape index (κ3) is 5.33. The Morgan fingerprint density at radius 1 is 1.14 bits per heavy atom. The molecule has 6 nitrogen and oxygen atoms in total. The highest BCUT2D eigenvalue weighted by Crippen LogP contribution is 2.31. The molecule has 0 aliphatic carbocycles. The Morgan fingerprint density at radius 3 is 2.32 bits per heavy atom. The number of unbranched alkanes of at least 4 members (excludes halogenated alkanes) is 1. The van der Waals surface area contributed by atoms with Crippen LogP contribution in [0.5, 0.6) is 5.75 Å². The van der Waals surface area contributed by atoms with E-state index in [-0.39, 0.29) is 10.6 Å². The largest absolute Gasteiger partial charge is 0.477 e. The first-order valence-electron chi connectivity index (χ1n) is 8.89. The van der Waals surface area contributed by atoms with Crippen molar-refractivity contribution in [2.75, 3.05) is 13.4 Å². The standard InChI is InChI=1S/C21H23NO5S/c1-4-5-6-19(21(23)26-2)27-18-12-11-17(13-20(18)28(3,24)25)16-9-7-15(14-22)8-10-16/h7-13,19H,4-6H2,1-3H3. The Balaban J connectivity index is 2.44. The van der Waals surface area contributed by atoms with Crippen LogP contribution in [-0.4, -0.2) is 33.9 Å². The van der Waals surface area contributed by atoms with Crippen LogP contribution in [0.4, 0.5) is 0 Å². The number of rotatable bonds is 8. The molecule has 7 heteroatoms. The van der Waals surface area contributed by atoms with Gasteiger partial charge >= 0.3 is 5.97 Å². The number of hydrogen-bond acceptors (Lipinski definition) is 6. The lowest BCUT2D eigenvalue weighted by atomic mass is 10.0. The molecule has 0 amide bonds. The first-order valence-corrected chi connectivity index (χ1v) is 10.8. The van der Waals surface area contributed by atoms with Crippen LogP contribution in [0.3, 0.4) is 0 Å². The van der Waals surface area contributed by atoms with Crippen molar-refractivity contribution in [1.82, 2.24) is 0 Å². The Labute approximate surface area is 165 Å². The number of ether oxygens (including phenoxy) is 2. The second-order valence-corrected chi connectivity index (χ2v) is 8.38. The molecule has 2 rings (SSSR count). The average molecular weight is 401 g/mol. The van der Waals surface area contributed by atoms with Gasteiger partial charge in [-0.15, -0.1) is 0 Å². The van der Waals surface area contributed by atoms with Crippen molar-refractivity contribution in [3.63, 3.8) is 0 Å². The van der Waals surface area contributed by atoms with Crippen LogP contribution < -0.4 is 4.74 Å². The topological polar surface area (TPSA) is 93.5 Å². The van der Waals surface area contributed by atoms with Gasteiger partial charge in [0.05, 0.1) is 18.7 Å². The minimum Gasteiger partial charge on any atom is -0.477 e. The molecule has 0 spiro atoms. The molecule has 0 aliphatic rings. The number of hydrogen-bond donors (Lipinski definition) is 0. The Morgan fingerprint density at radius 2 is 1.79 bits per heavy atom. The lowest BCUT2D eigenvalue weighted by Gasteiger charge is -2.19. The highest BCUT2D eigenvalue weighted by Gasteiger charge is 2.24. The average Bonchev–Trinajstić information content (AvgIpc) is 2.70. The summed E-state index contributed by atoms with van der Waals surface area (Å²) in [5.41, 5.74) is 1.95. The van der Waals surface area contributed by atoms with Gasteiger partial charge in [-0.3, -0.25) is 0 Å². The minimum atomic E-state index is -3.60. The smallest absolute Gasteiger partial charge is 0.347 e. The maximum Gasteiger partial charge on any atom is 0.347 e. The number of nitriles is 1. The van der Waals surface area contributed by atoms with Crippen molar-refractivity contribution in [1.29, 1.82) is 5.26 Å². The van der Waals surface area contributed by atoms with Gasteiger partial charge in [-0.2, -0.15) is 5.26 Å². The number of carbonyl (C=O) groups is 1. The van der Waals surface area contributed by atoms with Crippen molar-refractivity contribution in [2.24, 2.45) is 0 Å². The molecule has 0 radical (unpaired) electrons. The van der Waals surface area contributed by atoms with E-state index in [2.05, 4.69) is 0 Å². The molecule has 1 unspecified atom stereocenters. The Hall–Kier alpha value is -2.85. The van der Waals surface area contributed by atoms with Crippen molar-refractivity contribution in [2.45, 2.75) is 37.2 Å². The summed E-state index contributed by atoms with van der Waals surface area (Å²) in [5.74, 6) is -0.421. The number of carbonyl (C=O) groups excluding carboxylic acids is 1. The van der Waals surface area contributed by atoms with Crippen LogP contribution in [0.25, 0.3) is 11.1 Å². The van der Waals surface area contributed by atoms with Gasteiger partial charge in [0.1, 0.15) is 10.6 Å². The minimum absolute atomic E-state index is 0.000221.